The monoisotopic (exact) mass is 266 g/mol. The van der Waals surface area contributed by atoms with Crippen molar-refractivity contribution in [3.05, 3.63) is 22.5 Å². The average molecular weight is 266 g/mol. The molecule has 6 nitrogen and oxygen atoms in total. The second-order valence-electron chi connectivity index (χ2n) is 4.21. The molecular formula is C13H18N2O4. The van der Waals surface area contributed by atoms with Gasteiger partial charge >= 0.3 is 5.97 Å². The number of rotatable bonds is 5. The van der Waals surface area contributed by atoms with Crippen LogP contribution in [-0.2, 0) is 9.53 Å². The lowest BCUT2D eigenvalue weighted by molar-refractivity contribution is -0.124. The fraction of sp³-hybridized carbons (Fsp3) is 0.462. The first-order valence-electron chi connectivity index (χ1n) is 6.02. The quantitative estimate of drug-likeness (QED) is 0.617. The number of amides is 1. The summed E-state index contributed by atoms with van der Waals surface area (Å²) >= 11 is 0. The zero-order valence-electron chi connectivity index (χ0n) is 11.5. The molecule has 0 fully saturated rings. The zero-order valence-corrected chi connectivity index (χ0v) is 11.5. The fourth-order valence-electron chi connectivity index (χ4n) is 1.93. The number of carbonyl (C=O) groups is 3. The first kappa shape index (κ1) is 14.9. The number of ketones is 1. The van der Waals surface area contributed by atoms with Gasteiger partial charge in [-0.15, -0.1) is 0 Å². The summed E-state index contributed by atoms with van der Waals surface area (Å²) in [7, 11) is 0. The molecule has 104 valence electrons. The number of esters is 1. The lowest BCUT2D eigenvalue weighted by Crippen LogP contribution is -2.28. The van der Waals surface area contributed by atoms with Gasteiger partial charge in [0, 0.05) is 17.8 Å². The number of aromatic nitrogens is 1. The van der Waals surface area contributed by atoms with Gasteiger partial charge in [0.2, 0.25) is 0 Å². The number of ether oxygens (including phenoxy) is 1. The van der Waals surface area contributed by atoms with Crippen molar-refractivity contribution in [1.82, 2.24) is 10.3 Å². The summed E-state index contributed by atoms with van der Waals surface area (Å²) in [5.41, 5.74) is 1.87. The molecule has 1 rings (SSSR count). The number of aryl methyl sites for hydroxylation is 1. The number of carbonyl (C=O) groups excluding carboxylic acids is 3. The molecule has 0 radical (unpaired) electrons. The molecule has 0 aliphatic heterocycles. The second kappa shape index (κ2) is 6.17. The Morgan fingerprint density at radius 3 is 2.37 bits per heavy atom. The summed E-state index contributed by atoms with van der Waals surface area (Å²) in [6, 6.07) is 0. The van der Waals surface area contributed by atoms with Crippen LogP contribution in [0.3, 0.4) is 0 Å². The highest BCUT2D eigenvalue weighted by Gasteiger charge is 2.21. The summed E-state index contributed by atoms with van der Waals surface area (Å²) in [6.07, 6.45) is 0. The van der Waals surface area contributed by atoms with E-state index >= 15 is 0 Å². The molecule has 2 N–H and O–H groups in total. The summed E-state index contributed by atoms with van der Waals surface area (Å²) in [5, 5.41) is 2.52. The van der Waals surface area contributed by atoms with E-state index in [1.165, 1.54) is 6.92 Å². The molecule has 19 heavy (non-hydrogen) atoms. The van der Waals surface area contributed by atoms with Crippen molar-refractivity contribution in [2.75, 3.05) is 13.2 Å². The highest BCUT2D eigenvalue weighted by molar-refractivity contribution is 6.01. The highest BCUT2D eigenvalue weighted by Crippen LogP contribution is 2.19. The third-order valence-electron chi connectivity index (χ3n) is 2.70. The Morgan fingerprint density at radius 1 is 1.26 bits per heavy atom. The lowest BCUT2D eigenvalue weighted by atomic mass is 10.1. The second-order valence-corrected chi connectivity index (χ2v) is 4.21. The standard InChI is InChI=1S/C13H18N2O4/c1-5-14-10(17)6-19-13(18)12-7(2)11(9(4)16)8(3)15-12/h15H,5-6H2,1-4H3,(H,14,17). The minimum atomic E-state index is -0.639. The molecule has 1 aromatic rings. The van der Waals surface area contributed by atoms with E-state index < -0.39 is 5.97 Å². The van der Waals surface area contributed by atoms with Crippen LogP contribution in [0.25, 0.3) is 0 Å². The lowest BCUT2D eigenvalue weighted by Gasteiger charge is -2.04. The smallest absolute Gasteiger partial charge is 0.355 e. The third-order valence-corrected chi connectivity index (χ3v) is 2.70. The van der Waals surface area contributed by atoms with Gasteiger partial charge in [0.15, 0.2) is 12.4 Å². The molecule has 0 spiro atoms. The Balaban J connectivity index is 2.81. The molecule has 1 aromatic heterocycles. The van der Waals surface area contributed by atoms with Crippen molar-refractivity contribution in [2.24, 2.45) is 0 Å². The van der Waals surface area contributed by atoms with Crippen molar-refractivity contribution in [2.45, 2.75) is 27.7 Å². The summed E-state index contributed by atoms with van der Waals surface area (Å²) in [6.45, 7) is 6.74. The number of aromatic amines is 1. The Morgan fingerprint density at radius 2 is 1.89 bits per heavy atom. The van der Waals surface area contributed by atoms with E-state index in [9.17, 15) is 14.4 Å². The molecular weight excluding hydrogens is 248 g/mol. The van der Waals surface area contributed by atoms with Gasteiger partial charge in [0.05, 0.1) is 0 Å². The maximum atomic E-state index is 11.8. The van der Waals surface area contributed by atoms with Gasteiger partial charge in [-0.2, -0.15) is 0 Å². The topological polar surface area (TPSA) is 88.3 Å². The molecule has 0 saturated carbocycles. The van der Waals surface area contributed by atoms with Gasteiger partial charge in [-0.05, 0) is 33.3 Å². The van der Waals surface area contributed by atoms with Crippen molar-refractivity contribution in [3.63, 3.8) is 0 Å². The number of nitrogens with one attached hydrogen (secondary N) is 2. The maximum Gasteiger partial charge on any atom is 0.355 e. The van der Waals surface area contributed by atoms with E-state index in [0.717, 1.165) is 0 Å². The summed E-state index contributed by atoms with van der Waals surface area (Å²) < 4.78 is 4.88. The molecule has 1 amide bonds. The minimum absolute atomic E-state index is 0.117. The molecule has 0 aromatic carbocycles. The van der Waals surface area contributed by atoms with E-state index in [-0.39, 0.29) is 24.0 Å². The predicted octanol–water partition coefficient (Wildman–Crippen LogP) is 1.13. The van der Waals surface area contributed by atoms with Gasteiger partial charge in [0.25, 0.3) is 5.91 Å². The zero-order chi connectivity index (χ0) is 14.6. The van der Waals surface area contributed by atoms with Gasteiger partial charge < -0.3 is 15.0 Å². The molecule has 6 heteroatoms. The van der Waals surface area contributed by atoms with Crippen LogP contribution in [0.1, 0.15) is 46.0 Å². The number of likely N-dealkylation sites (N-methyl/N-ethyl adjacent to an activating group) is 1. The van der Waals surface area contributed by atoms with Crippen LogP contribution in [0.15, 0.2) is 0 Å². The summed E-state index contributed by atoms with van der Waals surface area (Å²) in [5.74, 6) is -1.11. The van der Waals surface area contributed by atoms with Gasteiger partial charge in [-0.25, -0.2) is 4.79 Å². The first-order chi connectivity index (χ1) is 8.88. The van der Waals surface area contributed by atoms with Crippen molar-refractivity contribution >= 4 is 17.7 Å². The van der Waals surface area contributed by atoms with Crippen LogP contribution in [0.5, 0.6) is 0 Å². The van der Waals surface area contributed by atoms with Crippen molar-refractivity contribution in [1.29, 1.82) is 0 Å². The van der Waals surface area contributed by atoms with Crippen LogP contribution in [-0.4, -0.2) is 35.8 Å². The van der Waals surface area contributed by atoms with Crippen LogP contribution >= 0.6 is 0 Å². The van der Waals surface area contributed by atoms with Crippen molar-refractivity contribution < 1.29 is 19.1 Å². The maximum absolute atomic E-state index is 11.8. The minimum Gasteiger partial charge on any atom is -0.451 e. The molecule has 0 saturated heterocycles. The first-order valence-corrected chi connectivity index (χ1v) is 6.02. The van der Waals surface area contributed by atoms with Crippen LogP contribution in [0, 0.1) is 13.8 Å². The highest BCUT2D eigenvalue weighted by atomic mass is 16.5. The van der Waals surface area contributed by atoms with Gasteiger partial charge in [-0.3, -0.25) is 9.59 Å². The van der Waals surface area contributed by atoms with E-state index in [4.69, 9.17) is 4.74 Å². The van der Waals surface area contributed by atoms with Crippen LogP contribution in [0.2, 0.25) is 0 Å². The number of hydrogen-bond donors (Lipinski definition) is 2. The molecule has 0 aliphatic carbocycles. The third kappa shape index (κ3) is 3.43. The molecule has 0 unspecified atom stereocenters. The largest absolute Gasteiger partial charge is 0.451 e. The van der Waals surface area contributed by atoms with Crippen LogP contribution in [0.4, 0.5) is 0 Å². The molecule has 1 heterocycles. The number of Topliss-reactive ketones (excluding diaryl/α,β-unsaturated/α-hetero) is 1. The Hall–Kier alpha value is -2.11. The fourth-order valence-corrected chi connectivity index (χ4v) is 1.93. The molecule has 0 aliphatic rings. The molecule has 0 atom stereocenters. The average Bonchev–Trinajstić information content (AvgIpc) is 2.62. The summed E-state index contributed by atoms with van der Waals surface area (Å²) in [4.78, 5) is 37.3. The van der Waals surface area contributed by atoms with Gasteiger partial charge in [0.1, 0.15) is 5.69 Å². The Kier molecular flexibility index (Phi) is 4.86. The SMILES string of the molecule is CCNC(=O)COC(=O)c1[nH]c(C)c(C(C)=O)c1C. The van der Waals surface area contributed by atoms with Gasteiger partial charge in [-0.1, -0.05) is 0 Å². The number of H-pyrrole nitrogens is 1. The number of hydrogen-bond acceptors (Lipinski definition) is 4. The predicted molar refractivity (Wildman–Crippen MR) is 69.2 cm³/mol. The molecule has 0 bridgehead atoms. The van der Waals surface area contributed by atoms with Crippen molar-refractivity contribution in [3.8, 4) is 0 Å². The Bertz CT molecular complexity index is 517. The normalized spacial score (nSPS) is 10.1. The van der Waals surface area contributed by atoms with E-state index in [2.05, 4.69) is 10.3 Å². The van der Waals surface area contributed by atoms with Crippen LogP contribution < -0.4 is 5.32 Å². The Labute approximate surface area is 111 Å². The van der Waals surface area contributed by atoms with E-state index in [1.807, 2.05) is 0 Å². The van der Waals surface area contributed by atoms with E-state index in [0.29, 0.717) is 23.4 Å². The van der Waals surface area contributed by atoms with E-state index in [1.54, 1.807) is 20.8 Å².